The lowest BCUT2D eigenvalue weighted by Gasteiger charge is -2.09. The lowest BCUT2D eigenvalue weighted by atomic mass is 9.98. The van der Waals surface area contributed by atoms with Crippen LogP contribution in [0.3, 0.4) is 0 Å². The monoisotopic (exact) mass is 229 g/mol. The molecule has 2 atom stereocenters. The Kier molecular flexibility index (Phi) is 2.44. The van der Waals surface area contributed by atoms with Crippen LogP contribution >= 0.6 is 0 Å². The largest absolute Gasteiger partial charge is 0.342 e. The molecule has 0 unspecified atom stereocenters. The molecule has 3 heteroatoms. The van der Waals surface area contributed by atoms with E-state index in [0.717, 1.165) is 24.4 Å². The fourth-order valence-electron chi connectivity index (χ4n) is 2.64. The van der Waals surface area contributed by atoms with Crippen molar-refractivity contribution in [2.75, 3.05) is 13.1 Å². The normalized spacial score (nSPS) is 24.6. The number of hydrogen-bond acceptors (Lipinski definition) is 2. The molecule has 1 aliphatic rings. The second-order valence-electron chi connectivity index (χ2n) is 5.32. The Labute approximate surface area is 102 Å². The Hall–Kier alpha value is -1.35. The van der Waals surface area contributed by atoms with E-state index in [-0.39, 0.29) is 0 Å². The van der Waals surface area contributed by atoms with E-state index in [1.807, 2.05) is 0 Å². The van der Waals surface area contributed by atoms with Crippen molar-refractivity contribution in [1.29, 1.82) is 0 Å². The van der Waals surface area contributed by atoms with Crippen molar-refractivity contribution in [3.05, 3.63) is 29.1 Å². The highest BCUT2D eigenvalue weighted by molar-refractivity contribution is 5.77. The molecule has 90 valence electrons. The summed E-state index contributed by atoms with van der Waals surface area (Å²) < 4.78 is 0. The van der Waals surface area contributed by atoms with Gasteiger partial charge >= 0.3 is 0 Å². The molecule has 0 aliphatic carbocycles. The molecule has 1 saturated heterocycles. The summed E-state index contributed by atoms with van der Waals surface area (Å²) in [6, 6.07) is 4.38. The highest BCUT2D eigenvalue weighted by atomic mass is 15.0. The minimum Gasteiger partial charge on any atom is -0.342 e. The molecule has 2 aromatic rings. The maximum absolute atomic E-state index is 4.75. The molecular formula is C14H19N3. The van der Waals surface area contributed by atoms with Gasteiger partial charge in [-0.15, -0.1) is 0 Å². The van der Waals surface area contributed by atoms with Gasteiger partial charge in [-0.05, 0) is 49.6 Å². The smallest absolute Gasteiger partial charge is 0.111 e. The SMILES string of the molecule is Cc1cc2nc([C@@H]3CNC[C@H]3C)[nH]c2cc1C. The van der Waals surface area contributed by atoms with Gasteiger partial charge in [-0.1, -0.05) is 6.92 Å². The van der Waals surface area contributed by atoms with E-state index in [1.54, 1.807) is 0 Å². The average Bonchev–Trinajstić information content (AvgIpc) is 2.85. The van der Waals surface area contributed by atoms with Crippen LogP contribution in [-0.2, 0) is 0 Å². The van der Waals surface area contributed by atoms with Gasteiger partial charge in [0.1, 0.15) is 5.82 Å². The molecule has 0 amide bonds. The van der Waals surface area contributed by atoms with Crippen molar-refractivity contribution in [1.82, 2.24) is 15.3 Å². The third kappa shape index (κ3) is 1.75. The Bertz CT molecular complexity index is 517. The summed E-state index contributed by atoms with van der Waals surface area (Å²) in [6.45, 7) is 8.71. The van der Waals surface area contributed by atoms with E-state index in [9.17, 15) is 0 Å². The molecule has 1 aromatic heterocycles. The van der Waals surface area contributed by atoms with E-state index in [2.05, 4.69) is 43.2 Å². The number of aryl methyl sites for hydroxylation is 2. The number of nitrogens with one attached hydrogen (secondary N) is 2. The molecule has 3 rings (SSSR count). The minimum atomic E-state index is 0.531. The molecule has 0 bridgehead atoms. The summed E-state index contributed by atoms with van der Waals surface area (Å²) in [5.41, 5.74) is 4.91. The van der Waals surface area contributed by atoms with Crippen molar-refractivity contribution in [2.45, 2.75) is 26.7 Å². The fourth-order valence-corrected chi connectivity index (χ4v) is 2.64. The van der Waals surface area contributed by atoms with E-state index >= 15 is 0 Å². The molecule has 1 fully saturated rings. The lowest BCUT2D eigenvalue weighted by Crippen LogP contribution is -2.09. The first-order valence-corrected chi connectivity index (χ1v) is 6.32. The van der Waals surface area contributed by atoms with Crippen LogP contribution in [0, 0.1) is 19.8 Å². The van der Waals surface area contributed by atoms with E-state index in [4.69, 9.17) is 4.98 Å². The number of fused-ring (bicyclic) bond motifs is 1. The molecule has 2 N–H and O–H groups in total. The molecule has 0 spiro atoms. The first-order chi connectivity index (χ1) is 8.15. The van der Waals surface area contributed by atoms with Crippen molar-refractivity contribution < 1.29 is 0 Å². The second-order valence-corrected chi connectivity index (χ2v) is 5.32. The van der Waals surface area contributed by atoms with Gasteiger partial charge < -0.3 is 10.3 Å². The fraction of sp³-hybridized carbons (Fsp3) is 0.500. The number of rotatable bonds is 1. The van der Waals surface area contributed by atoms with Crippen molar-refractivity contribution in [3.63, 3.8) is 0 Å². The van der Waals surface area contributed by atoms with Gasteiger partial charge in [-0.3, -0.25) is 0 Å². The highest BCUT2D eigenvalue weighted by Gasteiger charge is 2.27. The van der Waals surface area contributed by atoms with Crippen LogP contribution in [0.25, 0.3) is 11.0 Å². The number of benzene rings is 1. The number of nitrogens with zero attached hydrogens (tertiary/aromatic N) is 1. The second kappa shape index (κ2) is 3.84. The van der Waals surface area contributed by atoms with Crippen LogP contribution in [0.1, 0.15) is 29.8 Å². The number of hydrogen-bond donors (Lipinski definition) is 2. The molecule has 1 aliphatic heterocycles. The quantitative estimate of drug-likeness (QED) is 0.789. The molecule has 0 radical (unpaired) electrons. The number of H-pyrrole nitrogens is 1. The van der Waals surface area contributed by atoms with E-state index in [1.165, 1.54) is 16.6 Å². The summed E-state index contributed by atoms with van der Waals surface area (Å²) >= 11 is 0. The van der Waals surface area contributed by atoms with Gasteiger partial charge in [0.2, 0.25) is 0 Å². The Balaban J connectivity index is 2.07. The summed E-state index contributed by atoms with van der Waals surface area (Å²) in [5.74, 6) is 2.34. The maximum atomic E-state index is 4.75. The standard InChI is InChI=1S/C14H19N3/c1-8-4-12-13(5-9(8)2)17-14(16-12)11-7-15-6-10(11)3/h4-5,10-11,15H,6-7H2,1-3H3,(H,16,17)/t10-,11-/m1/s1. The van der Waals surface area contributed by atoms with E-state index in [0.29, 0.717) is 11.8 Å². The molecular weight excluding hydrogens is 210 g/mol. The van der Waals surface area contributed by atoms with Crippen LogP contribution in [0.15, 0.2) is 12.1 Å². The predicted molar refractivity (Wildman–Crippen MR) is 70.3 cm³/mol. The molecule has 2 heterocycles. The predicted octanol–water partition coefficient (Wildman–Crippen LogP) is 2.50. The number of imidazole rings is 1. The van der Waals surface area contributed by atoms with Gasteiger partial charge in [-0.25, -0.2) is 4.98 Å². The first-order valence-electron chi connectivity index (χ1n) is 6.32. The summed E-state index contributed by atoms with van der Waals surface area (Å²) in [5, 5.41) is 3.43. The summed E-state index contributed by atoms with van der Waals surface area (Å²) in [7, 11) is 0. The van der Waals surface area contributed by atoms with Gasteiger partial charge in [-0.2, -0.15) is 0 Å². The lowest BCUT2D eigenvalue weighted by molar-refractivity contribution is 0.551. The van der Waals surface area contributed by atoms with Crippen molar-refractivity contribution >= 4 is 11.0 Å². The third-order valence-electron chi connectivity index (χ3n) is 3.98. The zero-order chi connectivity index (χ0) is 12.0. The van der Waals surface area contributed by atoms with Gasteiger partial charge in [0, 0.05) is 12.5 Å². The van der Waals surface area contributed by atoms with E-state index < -0.39 is 0 Å². The molecule has 3 nitrogen and oxygen atoms in total. The van der Waals surface area contributed by atoms with Gasteiger partial charge in [0.05, 0.1) is 11.0 Å². The average molecular weight is 229 g/mol. The van der Waals surface area contributed by atoms with Gasteiger partial charge in [0.15, 0.2) is 0 Å². The van der Waals surface area contributed by atoms with Crippen molar-refractivity contribution in [3.8, 4) is 0 Å². The van der Waals surface area contributed by atoms with Crippen molar-refractivity contribution in [2.24, 2.45) is 5.92 Å². The van der Waals surface area contributed by atoms with Crippen LogP contribution in [0.4, 0.5) is 0 Å². The topological polar surface area (TPSA) is 40.7 Å². The third-order valence-corrected chi connectivity index (χ3v) is 3.98. The number of aromatic nitrogens is 2. The summed E-state index contributed by atoms with van der Waals surface area (Å²) in [4.78, 5) is 8.24. The molecule has 17 heavy (non-hydrogen) atoms. The zero-order valence-electron chi connectivity index (χ0n) is 10.7. The van der Waals surface area contributed by atoms with Crippen LogP contribution in [-0.4, -0.2) is 23.1 Å². The Morgan fingerprint density at radius 2 is 1.94 bits per heavy atom. The molecule has 0 saturated carbocycles. The summed E-state index contributed by atoms with van der Waals surface area (Å²) in [6.07, 6.45) is 0. The van der Waals surface area contributed by atoms with Gasteiger partial charge in [0.25, 0.3) is 0 Å². The zero-order valence-corrected chi connectivity index (χ0v) is 10.7. The highest BCUT2D eigenvalue weighted by Crippen LogP contribution is 2.28. The minimum absolute atomic E-state index is 0.531. The Morgan fingerprint density at radius 3 is 2.65 bits per heavy atom. The molecule has 1 aromatic carbocycles. The van der Waals surface area contributed by atoms with Crippen LogP contribution < -0.4 is 5.32 Å². The number of aromatic amines is 1. The first kappa shape index (κ1) is 10.8. The van der Waals surface area contributed by atoms with Crippen LogP contribution in [0.5, 0.6) is 0 Å². The maximum Gasteiger partial charge on any atom is 0.111 e. The van der Waals surface area contributed by atoms with Crippen LogP contribution in [0.2, 0.25) is 0 Å². The Morgan fingerprint density at radius 1 is 1.18 bits per heavy atom.